The van der Waals surface area contributed by atoms with Gasteiger partial charge in [0, 0.05) is 6.20 Å². The van der Waals surface area contributed by atoms with E-state index in [0.717, 1.165) is 0 Å². The molecule has 0 amide bonds. The summed E-state index contributed by atoms with van der Waals surface area (Å²) in [6.45, 7) is 0.333. The Morgan fingerprint density at radius 2 is 2.40 bits per heavy atom. The first kappa shape index (κ1) is 9.79. The molecule has 6 heteroatoms. The van der Waals surface area contributed by atoms with Crippen molar-refractivity contribution in [1.29, 1.82) is 0 Å². The summed E-state index contributed by atoms with van der Waals surface area (Å²) in [6.07, 6.45) is 3.10. The van der Waals surface area contributed by atoms with E-state index in [-0.39, 0.29) is 5.76 Å². The monoisotopic (exact) mass is 225 g/mol. The van der Waals surface area contributed by atoms with Crippen LogP contribution in [0.4, 0.5) is 0 Å². The van der Waals surface area contributed by atoms with Gasteiger partial charge in [-0.3, -0.25) is 4.68 Å². The van der Waals surface area contributed by atoms with Gasteiger partial charge in [-0.15, -0.1) is 0 Å². The molecule has 0 N–H and O–H groups in total. The van der Waals surface area contributed by atoms with Gasteiger partial charge in [0.1, 0.15) is 17.5 Å². The van der Waals surface area contributed by atoms with Crippen molar-refractivity contribution in [3.63, 3.8) is 0 Å². The highest BCUT2D eigenvalue weighted by Gasteiger charge is 2.04. The number of carboxylic acid groups (broad SMARTS) is 1. The first-order valence-electron chi connectivity index (χ1n) is 4.13. The molecule has 5 nitrogen and oxygen atoms in total. The Balaban J connectivity index is 2.14. The Hall–Kier alpha value is -1.75. The summed E-state index contributed by atoms with van der Waals surface area (Å²) in [4.78, 5) is 10.4. The lowest BCUT2D eigenvalue weighted by molar-refractivity contribution is -0.257. The van der Waals surface area contributed by atoms with Gasteiger partial charge in [-0.2, -0.15) is 5.10 Å². The number of hydrogen-bond acceptors (Lipinski definition) is 4. The molecule has 2 rings (SSSR count). The molecule has 2 aromatic heterocycles. The first-order valence-corrected chi connectivity index (χ1v) is 4.51. The molecule has 2 aromatic rings. The fourth-order valence-electron chi connectivity index (χ4n) is 1.16. The quantitative estimate of drug-likeness (QED) is 0.765. The number of carbonyl (C=O) groups is 1. The summed E-state index contributed by atoms with van der Waals surface area (Å²) < 4.78 is 6.53. The molecular formula is C9H6ClN2O3-. The Bertz CT molecular complexity index is 489. The predicted molar refractivity (Wildman–Crippen MR) is 49.4 cm³/mol. The minimum Gasteiger partial charge on any atom is -0.542 e. The van der Waals surface area contributed by atoms with Crippen LogP contribution in [0.15, 0.2) is 28.9 Å². The maximum atomic E-state index is 10.4. The van der Waals surface area contributed by atoms with Crippen molar-refractivity contribution in [3.8, 4) is 0 Å². The highest BCUT2D eigenvalue weighted by atomic mass is 35.5. The van der Waals surface area contributed by atoms with E-state index in [1.165, 1.54) is 12.3 Å². The van der Waals surface area contributed by atoms with Crippen LogP contribution in [0, 0.1) is 0 Å². The summed E-state index contributed by atoms with van der Waals surface area (Å²) in [7, 11) is 0. The van der Waals surface area contributed by atoms with Crippen LogP contribution in [-0.2, 0) is 6.54 Å². The van der Waals surface area contributed by atoms with Crippen LogP contribution in [0.3, 0.4) is 0 Å². The van der Waals surface area contributed by atoms with Crippen molar-refractivity contribution < 1.29 is 14.3 Å². The van der Waals surface area contributed by atoms with E-state index in [0.29, 0.717) is 17.3 Å². The fraction of sp³-hybridized carbons (Fsp3) is 0.111. The number of aromatic nitrogens is 2. The number of carbonyl (C=O) groups excluding carboxylic acids is 1. The zero-order valence-electron chi connectivity index (χ0n) is 7.51. The number of halogens is 1. The van der Waals surface area contributed by atoms with Gasteiger partial charge in [0.2, 0.25) is 0 Å². The maximum Gasteiger partial charge on any atom is 0.149 e. The zero-order chi connectivity index (χ0) is 10.8. The van der Waals surface area contributed by atoms with Gasteiger partial charge in [0.25, 0.3) is 0 Å². The molecule has 0 saturated heterocycles. The van der Waals surface area contributed by atoms with Gasteiger partial charge < -0.3 is 14.3 Å². The van der Waals surface area contributed by atoms with Crippen molar-refractivity contribution in [3.05, 3.63) is 41.1 Å². The topological polar surface area (TPSA) is 71.1 Å². The van der Waals surface area contributed by atoms with Gasteiger partial charge in [-0.1, -0.05) is 11.6 Å². The summed E-state index contributed by atoms with van der Waals surface area (Å²) in [6, 6.07) is 2.90. The van der Waals surface area contributed by atoms with Crippen molar-refractivity contribution in [2.45, 2.75) is 6.54 Å². The molecular weight excluding hydrogens is 220 g/mol. The molecule has 78 valence electrons. The second-order valence-corrected chi connectivity index (χ2v) is 3.35. The number of nitrogens with zero attached hydrogens (tertiary/aromatic N) is 2. The predicted octanol–water partition coefficient (Wildman–Crippen LogP) is 0.541. The van der Waals surface area contributed by atoms with Gasteiger partial charge >= 0.3 is 0 Å². The Kier molecular flexibility index (Phi) is 2.47. The van der Waals surface area contributed by atoms with Crippen LogP contribution in [-0.4, -0.2) is 15.7 Å². The molecule has 0 aromatic carbocycles. The largest absolute Gasteiger partial charge is 0.542 e. The molecule has 0 aliphatic carbocycles. The van der Waals surface area contributed by atoms with E-state index in [1.807, 2.05) is 0 Å². The Morgan fingerprint density at radius 3 is 2.93 bits per heavy atom. The maximum absolute atomic E-state index is 10.4. The minimum absolute atomic E-state index is 0.191. The third kappa shape index (κ3) is 2.19. The average Bonchev–Trinajstić information content (AvgIpc) is 2.76. The molecule has 15 heavy (non-hydrogen) atoms. The Labute approximate surface area is 89.9 Å². The van der Waals surface area contributed by atoms with Gasteiger partial charge in [-0.05, 0) is 12.1 Å². The first-order chi connectivity index (χ1) is 7.15. The fourth-order valence-corrected chi connectivity index (χ4v) is 1.31. The number of furan rings is 1. The van der Waals surface area contributed by atoms with Gasteiger partial charge in [-0.25, -0.2) is 0 Å². The van der Waals surface area contributed by atoms with E-state index < -0.39 is 5.97 Å². The lowest BCUT2D eigenvalue weighted by Gasteiger charge is -1.98. The van der Waals surface area contributed by atoms with Crippen LogP contribution in [0.2, 0.25) is 5.02 Å². The molecule has 0 spiro atoms. The van der Waals surface area contributed by atoms with E-state index in [4.69, 9.17) is 16.0 Å². The highest BCUT2D eigenvalue weighted by Crippen LogP contribution is 2.10. The average molecular weight is 226 g/mol. The van der Waals surface area contributed by atoms with Crippen molar-refractivity contribution in [2.24, 2.45) is 0 Å². The molecule has 0 aliphatic rings. The van der Waals surface area contributed by atoms with Crippen LogP contribution in [0.1, 0.15) is 16.3 Å². The van der Waals surface area contributed by atoms with Crippen molar-refractivity contribution >= 4 is 17.6 Å². The van der Waals surface area contributed by atoms with Crippen LogP contribution < -0.4 is 5.11 Å². The number of rotatable bonds is 3. The SMILES string of the molecule is O=C([O-])c1ccc(Cn2cc(Cl)cn2)o1. The smallest absolute Gasteiger partial charge is 0.149 e. The molecule has 2 heterocycles. The standard InChI is InChI=1S/C9H7ClN2O3/c10-6-3-11-12(4-6)5-7-1-2-8(15-7)9(13)14/h1-4H,5H2,(H,13,14)/p-1. The van der Waals surface area contributed by atoms with Gasteiger partial charge in [0.05, 0.1) is 17.8 Å². The highest BCUT2D eigenvalue weighted by molar-refractivity contribution is 6.30. The van der Waals surface area contributed by atoms with E-state index >= 15 is 0 Å². The zero-order valence-corrected chi connectivity index (χ0v) is 8.27. The summed E-state index contributed by atoms with van der Waals surface area (Å²) in [5.74, 6) is -1.04. The van der Waals surface area contributed by atoms with Crippen LogP contribution >= 0.6 is 11.6 Å². The second-order valence-electron chi connectivity index (χ2n) is 2.91. The van der Waals surface area contributed by atoms with Crippen LogP contribution in [0.5, 0.6) is 0 Å². The molecule has 0 bridgehead atoms. The molecule has 0 unspecified atom stereocenters. The van der Waals surface area contributed by atoms with Crippen molar-refractivity contribution in [2.75, 3.05) is 0 Å². The lowest BCUT2D eigenvalue weighted by atomic mass is 10.4. The van der Waals surface area contributed by atoms with E-state index in [9.17, 15) is 9.90 Å². The summed E-state index contributed by atoms with van der Waals surface area (Å²) in [5, 5.41) is 14.9. The van der Waals surface area contributed by atoms with Crippen molar-refractivity contribution in [1.82, 2.24) is 9.78 Å². The summed E-state index contributed by atoms with van der Waals surface area (Å²) >= 11 is 5.66. The molecule has 0 radical (unpaired) electrons. The molecule has 0 aliphatic heterocycles. The molecule has 0 saturated carbocycles. The third-order valence-corrected chi connectivity index (χ3v) is 1.98. The molecule has 0 fully saturated rings. The van der Waals surface area contributed by atoms with Gasteiger partial charge in [0.15, 0.2) is 0 Å². The lowest BCUT2D eigenvalue weighted by Crippen LogP contribution is -2.21. The number of carboxylic acids is 1. The Morgan fingerprint density at radius 1 is 1.60 bits per heavy atom. The molecule has 0 atom stereocenters. The number of hydrogen-bond donors (Lipinski definition) is 0. The summed E-state index contributed by atoms with van der Waals surface area (Å²) in [5.41, 5.74) is 0. The normalized spacial score (nSPS) is 10.5. The second kappa shape index (κ2) is 3.78. The van der Waals surface area contributed by atoms with E-state index in [2.05, 4.69) is 5.10 Å². The number of aromatic carboxylic acids is 1. The van der Waals surface area contributed by atoms with Crippen LogP contribution in [0.25, 0.3) is 0 Å². The third-order valence-electron chi connectivity index (χ3n) is 1.78. The minimum atomic E-state index is -1.33. The van der Waals surface area contributed by atoms with E-state index in [1.54, 1.807) is 16.9 Å².